The molecule has 1 aromatic carbocycles. The molecule has 1 heterocycles. The number of ether oxygens (including phenoxy) is 1. The van der Waals surface area contributed by atoms with Crippen LogP contribution >= 0.6 is 0 Å². The van der Waals surface area contributed by atoms with E-state index in [1.54, 1.807) is 23.1 Å². The van der Waals surface area contributed by atoms with Crippen LogP contribution in [0.15, 0.2) is 18.2 Å². The second kappa shape index (κ2) is 4.37. The molecule has 4 nitrogen and oxygen atoms in total. The van der Waals surface area contributed by atoms with Gasteiger partial charge >= 0.3 is 0 Å². The summed E-state index contributed by atoms with van der Waals surface area (Å²) >= 11 is 0. The van der Waals surface area contributed by atoms with Crippen LogP contribution in [0.1, 0.15) is 37.0 Å². The van der Waals surface area contributed by atoms with Gasteiger partial charge in [0.05, 0.1) is 12.2 Å². The summed E-state index contributed by atoms with van der Waals surface area (Å²) < 4.78 is 5.74. The molecule has 19 heavy (non-hydrogen) atoms. The number of Topliss-reactive ketones (excluding diaryl/α,β-unsaturated/α-hetero) is 1. The Bertz CT molecular complexity index is 548. The number of benzene rings is 1. The highest BCUT2D eigenvalue weighted by Gasteiger charge is 2.37. The predicted octanol–water partition coefficient (Wildman–Crippen LogP) is 2.41. The molecule has 1 atom stereocenters. The van der Waals surface area contributed by atoms with Gasteiger partial charge in [0.1, 0.15) is 11.9 Å². The number of nitrogens with zero attached hydrogens (tertiary/aromatic N) is 1. The smallest absolute Gasteiger partial charge is 0.230 e. The van der Waals surface area contributed by atoms with Gasteiger partial charge in [-0.1, -0.05) is 0 Å². The average molecular weight is 259 g/mol. The predicted molar refractivity (Wildman–Crippen MR) is 71.6 cm³/mol. The van der Waals surface area contributed by atoms with Crippen molar-refractivity contribution in [2.24, 2.45) is 5.92 Å². The Morgan fingerprint density at radius 1 is 1.32 bits per heavy atom. The van der Waals surface area contributed by atoms with E-state index >= 15 is 0 Å². The van der Waals surface area contributed by atoms with Crippen LogP contribution in [0.25, 0.3) is 0 Å². The monoisotopic (exact) mass is 259 g/mol. The first-order valence-corrected chi connectivity index (χ1v) is 6.69. The van der Waals surface area contributed by atoms with Crippen molar-refractivity contribution in [3.05, 3.63) is 23.8 Å². The van der Waals surface area contributed by atoms with Crippen LogP contribution in [-0.4, -0.2) is 24.3 Å². The van der Waals surface area contributed by atoms with Crippen LogP contribution in [0.2, 0.25) is 0 Å². The number of amides is 1. The molecular weight excluding hydrogens is 242 g/mol. The fraction of sp³-hybridized carbons (Fsp3) is 0.467. The zero-order valence-corrected chi connectivity index (χ0v) is 11.2. The Kier molecular flexibility index (Phi) is 2.81. The number of ketones is 1. The molecule has 0 aromatic heterocycles. The van der Waals surface area contributed by atoms with Crippen LogP contribution in [-0.2, 0) is 4.79 Å². The Morgan fingerprint density at radius 2 is 2.05 bits per heavy atom. The molecule has 0 bridgehead atoms. The molecule has 0 spiro atoms. The van der Waals surface area contributed by atoms with Crippen molar-refractivity contribution in [2.45, 2.75) is 32.8 Å². The zero-order valence-electron chi connectivity index (χ0n) is 11.2. The summed E-state index contributed by atoms with van der Waals surface area (Å²) in [5.41, 5.74) is 1.35. The number of carbonyl (C=O) groups is 2. The topological polar surface area (TPSA) is 46.6 Å². The van der Waals surface area contributed by atoms with E-state index in [0.717, 1.165) is 18.5 Å². The lowest BCUT2D eigenvalue weighted by atomic mass is 10.1. The zero-order chi connectivity index (χ0) is 13.6. The Balaban J connectivity index is 2.01. The molecule has 0 N–H and O–H groups in total. The molecule has 1 unspecified atom stereocenters. The van der Waals surface area contributed by atoms with Gasteiger partial charge in [0.2, 0.25) is 5.91 Å². The lowest BCUT2D eigenvalue weighted by Gasteiger charge is -2.33. The van der Waals surface area contributed by atoms with Crippen molar-refractivity contribution in [3.8, 4) is 5.75 Å². The van der Waals surface area contributed by atoms with E-state index < -0.39 is 0 Å². The summed E-state index contributed by atoms with van der Waals surface area (Å²) in [6.07, 6.45) is 1.94. The molecule has 1 amide bonds. The van der Waals surface area contributed by atoms with E-state index in [4.69, 9.17) is 4.74 Å². The van der Waals surface area contributed by atoms with Gasteiger partial charge in [-0.3, -0.25) is 9.59 Å². The molecular formula is C15H17NO3. The van der Waals surface area contributed by atoms with Gasteiger partial charge in [0.15, 0.2) is 5.78 Å². The third kappa shape index (κ3) is 2.23. The summed E-state index contributed by atoms with van der Waals surface area (Å²) in [6, 6.07) is 5.30. The second-order valence-electron chi connectivity index (χ2n) is 5.39. The van der Waals surface area contributed by atoms with Gasteiger partial charge < -0.3 is 9.64 Å². The van der Waals surface area contributed by atoms with Gasteiger partial charge in [-0.15, -0.1) is 0 Å². The lowest BCUT2D eigenvalue weighted by molar-refractivity contribution is -0.120. The third-order valence-electron chi connectivity index (χ3n) is 3.62. The summed E-state index contributed by atoms with van der Waals surface area (Å²) in [5, 5.41) is 0. The molecule has 3 rings (SSSR count). The second-order valence-corrected chi connectivity index (χ2v) is 5.39. The van der Waals surface area contributed by atoms with Gasteiger partial charge in [-0.25, -0.2) is 0 Å². The van der Waals surface area contributed by atoms with Gasteiger partial charge in [-0.05, 0) is 44.9 Å². The minimum absolute atomic E-state index is 0.000225. The Morgan fingerprint density at radius 3 is 2.68 bits per heavy atom. The Hall–Kier alpha value is -1.84. The maximum absolute atomic E-state index is 12.3. The fourth-order valence-corrected chi connectivity index (χ4v) is 2.42. The van der Waals surface area contributed by atoms with Crippen LogP contribution in [0.5, 0.6) is 5.75 Å². The minimum atomic E-state index is -0.0154. The SMILES string of the molecule is CC(=O)c1ccc2c(c1)N(C(=O)C1CC1)CC(C)O2. The minimum Gasteiger partial charge on any atom is -0.487 e. The Labute approximate surface area is 112 Å². The van der Waals surface area contributed by atoms with E-state index in [0.29, 0.717) is 17.9 Å². The molecule has 100 valence electrons. The van der Waals surface area contributed by atoms with Crippen LogP contribution < -0.4 is 9.64 Å². The molecule has 1 aliphatic heterocycles. The van der Waals surface area contributed by atoms with Gasteiger partial charge in [0.25, 0.3) is 0 Å². The van der Waals surface area contributed by atoms with Gasteiger partial charge in [-0.2, -0.15) is 0 Å². The quantitative estimate of drug-likeness (QED) is 0.766. The van der Waals surface area contributed by atoms with E-state index in [1.807, 2.05) is 6.92 Å². The van der Waals surface area contributed by atoms with Crippen molar-refractivity contribution >= 4 is 17.4 Å². The van der Waals surface area contributed by atoms with Crippen molar-refractivity contribution in [2.75, 3.05) is 11.4 Å². The average Bonchev–Trinajstić information content (AvgIpc) is 3.20. The fourth-order valence-electron chi connectivity index (χ4n) is 2.42. The summed E-state index contributed by atoms with van der Waals surface area (Å²) in [4.78, 5) is 25.6. The largest absolute Gasteiger partial charge is 0.487 e. The normalized spacial score (nSPS) is 21.6. The summed E-state index contributed by atoms with van der Waals surface area (Å²) in [7, 11) is 0. The van der Waals surface area contributed by atoms with Crippen molar-refractivity contribution in [1.82, 2.24) is 0 Å². The maximum Gasteiger partial charge on any atom is 0.230 e. The van der Waals surface area contributed by atoms with Crippen molar-refractivity contribution in [3.63, 3.8) is 0 Å². The first-order valence-electron chi connectivity index (χ1n) is 6.69. The van der Waals surface area contributed by atoms with Crippen LogP contribution in [0.4, 0.5) is 5.69 Å². The molecule has 0 saturated heterocycles. The number of carbonyl (C=O) groups excluding carboxylic acids is 2. The standard InChI is InChI=1S/C15H17NO3/c1-9-8-16(15(18)11-3-4-11)13-7-12(10(2)17)5-6-14(13)19-9/h5-7,9,11H,3-4,8H2,1-2H3. The summed E-state index contributed by atoms with van der Waals surface area (Å²) in [6.45, 7) is 4.04. The molecule has 1 aromatic rings. The molecule has 1 saturated carbocycles. The highest BCUT2D eigenvalue weighted by Crippen LogP contribution is 2.39. The molecule has 1 aliphatic carbocycles. The maximum atomic E-state index is 12.3. The van der Waals surface area contributed by atoms with E-state index in [9.17, 15) is 9.59 Å². The number of fused-ring (bicyclic) bond motifs is 1. The van der Waals surface area contributed by atoms with E-state index in [-0.39, 0.29) is 23.7 Å². The van der Waals surface area contributed by atoms with Crippen molar-refractivity contribution in [1.29, 1.82) is 0 Å². The first-order chi connectivity index (χ1) is 9.06. The number of rotatable bonds is 2. The summed E-state index contributed by atoms with van der Waals surface area (Å²) in [5.74, 6) is 1.02. The number of hydrogen-bond acceptors (Lipinski definition) is 3. The molecule has 4 heteroatoms. The van der Waals surface area contributed by atoms with Crippen molar-refractivity contribution < 1.29 is 14.3 Å². The molecule has 0 radical (unpaired) electrons. The highest BCUT2D eigenvalue weighted by atomic mass is 16.5. The number of hydrogen-bond donors (Lipinski definition) is 0. The molecule has 2 aliphatic rings. The van der Waals surface area contributed by atoms with Crippen LogP contribution in [0.3, 0.4) is 0 Å². The lowest BCUT2D eigenvalue weighted by Crippen LogP contribution is -2.43. The van der Waals surface area contributed by atoms with Crippen LogP contribution in [0, 0.1) is 5.92 Å². The van der Waals surface area contributed by atoms with E-state index in [1.165, 1.54) is 6.92 Å². The molecule has 1 fully saturated rings. The number of anilines is 1. The highest BCUT2D eigenvalue weighted by molar-refractivity contribution is 6.01. The third-order valence-corrected chi connectivity index (χ3v) is 3.62. The van der Waals surface area contributed by atoms with Gasteiger partial charge in [0, 0.05) is 11.5 Å². The first kappa shape index (κ1) is 12.2. The van der Waals surface area contributed by atoms with E-state index in [2.05, 4.69) is 0 Å².